The number of amides is 1. The van der Waals surface area contributed by atoms with Gasteiger partial charge in [-0.3, -0.25) is 4.79 Å². The van der Waals surface area contributed by atoms with Gasteiger partial charge in [-0.15, -0.1) is 0 Å². The zero-order valence-corrected chi connectivity index (χ0v) is 17.1. The van der Waals surface area contributed by atoms with Gasteiger partial charge in [0.1, 0.15) is 0 Å². The number of nitrogens with one attached hydrogen (secondary N) is 2. The van der Waals surface area contributed by atoms with Crippen molar-refractivity contribution in [3.05, 3.63) is 52.8 Å². The molecular weight excluding hydrogens is 390 g/mol. The lowest BCUT2D eigenvalue weighted by atomic mass is 10.1. The van der Waals surface area contributed by atoms with Crippen LogP contribution in [0.5, 0.6) is 0 Å². The maximum Gasteiger partial charge on any atom is 0.255 e. The highest BCUT2D eigenvalue weighted by molar-refractivity contribution is 6.30. The summed E-state index contributed by atoms with van der Waals surface area (Å²) in [6, 6.07) is 7.70. The molecule has 0 atom stereocenters. The number of pyridine rings is 1. The average molecular weight is 414 g/mol. The van der Waals surface area contributed by atoms with Crippen LogP contribution in [0.4, 0.5) is 5.69 Å². The van der Waals surface area contributed by atoms with E-state index in [0.717, 1.165) is 48.3 Å². The zero-order chi connectivity index (χ0) is 20.2. The Morgan fingerprint density at radius 1 is 1.31 bits per heavy atom. The van der Waals surface area contributed by atoms with Crippen LogP contribution >= 0.6 is 11.6 Å². The van der Waals surface area contributed by atoms with Crippen LogP contribution < -0.4 is 10.6 Å². The topological polar surface area (TPSA) is 81.1 Å². The summed E-state index contributed by atoms with van der Waals surface area (Å²) in [7, 11) is 0. The van der Waals surface area contributed by atoms with Gasteiger partial charge in [0, 0.05) is 43.6 Å². The van der Waals surface area contributed by atoms with Gasteiger partial charge in [-0.25, -0.2) is 9.67 Å². The second-order valence-electron chi connectivity index (χ2n) is 7.09. The number of anilines is 1. The SMILES string of the molecule is CCn1ncc2c(NC3CCOCC3)c(C(=O)NCc3cccc(Cl)c3)cnc21. The number of carbonyl (C=O) groups excluding carboxylic acids is 1. The average Bonchev–Trinajstić information content (AvgIpc) is 3.17. The summed E-state index contributed by atoms with van der Waals surface area (Å²) in [5.41, 5.74) is 3.01. The van der Waals surface area contributed by atoms with Gasteiger partial charge in [0.15, 0.2) is 5.65 Å². The van der Waals surface area contributed by atoms with Crippen LogP contribution in [0.2, 0.25) is 5.02 Å². The molecule has 3 heterocycles. The molecule has 1 aliphatic heterocycles. The Balaban J connectivity index is 1.62. The Morgan fingerprint density at radius 3 is 2.90 bits per heavy atom. The predicted molar refractivity (Wildman–Crippen MR) is 113 cm³/mol. The van der Waals surface area contributed by atoms with Crippen molar-refractivity contribution >= 4 is 34.2 Å². The standard InChI is InChI=1S/C21H24ClN5O2/c1-2-27-20-17(13-25-27)19(26-16-6-8-29-9-7-16)18(12-23-20)21(28)24-11-14-4-3-5-15(22)10-14/h3-5,10,12-13,16H,2,6-9,11H2,1H3,(H,23,26)(H,24,28). The molecule has 0 radical (unpaired) electrons. The number of fused-ring (bicyclic) bond motifs is 1. The number of hydrogen-bond acceptors (Lipinski definition) is 5. The third-order valence-corrected chi connectivity index (χ3v) is 5.36. The number of carbonyl (C=O) groups is 1. The van der Waals surface area contributed by atoms with Crippen LogP contribution in [0, 0.1) is 0 Å². The number of aromatic nitrogens is 3. The molecule has 0 unspecified atom stereocenters. The summed E-state index contributed by atoms with van der Waals surface area (Å²) in [5.74, 6) is -0.182. The molecule has 7 nitrogen and oxygen atoms in total. The number of halogens is 1. The Kier molecular flexibility index (Phi) is 5.97. The molecule has 1 amide bonds. The molecule has 4 rings (SSSR count). The van der Waals surface area contributed by atoms with E-state index < -0.39 is 0 Å². The predicted octanol–water partition coefficient (Wildman–Crippen LogP) is 3.63. The number of benzene rings is 1. The van der Waals surface area contributed by atoms with Crippen LogP contribution in [-0.2, 0) is 17.8 Å². The number of rotatable bonds is 6. The van der Waals surface area contributed by atoms with Crippen LogP contribution in [0.25, 0.3) is 11.0 Å². The fourth-order valence-corrected chi connectivity index (χ4v) is 3.77. The molecule has 0 spiro atoms. The molecule has 8 heteroatoms. The Morgan fingerprint density at radius 2 is 2.14 bits per heavy atom. The van der Waals surface area contributed by atoms with E-state index in [4.69, 9.17) is 16.3 Å². The third kappa shape index (κ3) is 4.36. The fraction of sp³-hybridized carbons (Fsp3) is 0.381. The lowest BCUT2D eigenvalue weighted by Gasteiger charge is -2.25. The summed E-state index contributed by atoms with van der Waals surface area (Å²) in [5, 5.41) is 12.5. The number of nitrogens with zero attached hydrogens (tertiary/aromatic N) is 3. The van der Waals surface area contributed by atoms with Crippen molar-refractivity contribution in [2.75, 3.05) is 18.5 Å². The third-order valence-electron chi connectivity index (χ3n) is 5.12. The molecule has 2 aromatic heterocycles. The molecule has 1 saturated heterocycles. The van der Waals surface area contributed by atoms with Crippen LogP contribution in [-0.4, -0.2) is 39.9 Å². The van der Waals surface area contributed by atoms with Crippen molar-refractivity contribution in [2.24, 2.45) is 0 Å². The van der Waals surface area contributed by atoms with Crippen molar-refractivity contribution in [3.8, 4) is 0 Å². The molecular formula is C21H24ClN5O2. The van der Waals surface area contributed by atoms with Crippen molar-refractivity contribution in [2.45, 2.75) is 38.9 Å². The van der Waals surface area contributed by atoms with E-state index in [0.29, 0.717) is 23.7 Å². The fourth-order valence-electron chi connectivity index (χ4n) is 3.56. The Labute approximate surface area is 174 Å². The van der Waals surface area contributed by atoms with E-state index in [-0.39, 0.29) is 11.9 Å². The second-order valence-corrected chi connectivity index (χ2v) is 7.52. The molecule has 0 aliphatic carbocycles. The summed E-state index contributed by atoms with van der Waals surface area (Å²) >= 11 is 6.04. The molecule has 1 aliphatic rings. The number of ether oxygens (including phenoxy) is 1. The molecule has 1 aromatic carbocycles. The lowest BCUT2D eigenvalue weighted by molar-refractivity contribution is 0.0904. The number of hydrogen-bond donors (Lipinski definition) is 2. The van der Waals surface area contributed by atoms with E-state index in [1.54, 1.807) is 12.4 Å². The highest BCUT2D eigenvalue weighted by Gasteiger charge is 2.22. The lowest BCUT2D eigenvalue weighted by Crippen LogP contribution is -2.30. The first-order valence-corrected chi connectivity index (χ1v) is 10.2. The monoisotopic (exact) mass is 413 g/mol. The minimum atomic E-state index is -0.182. The second kappa shape index (κ2) is 8.80. The summed E-state index contributed by atoms with van der Waals surface area (Å²) < 4.78 is 7.29. The van der Waals surface area contributed by atoms with E-state index in [1.165, 1.54) is 0 Å². The van der Waals surface area contributed by atoms with Gasteiger partial charge in [0.25, 0.3) is 5.91 Å². The quantitative estimate of drug-likeness (QED) is 0.645. The highest BCUT2D eigenvalue weighted by atomic mass is 35.5. The smallest absolute Gasteiger partial charge is 0.255 e. The van der Waals surface area contributed by atoms with Gasteiger partial charge in [0.05, 0.1) is 22.8 Å². The zero-order valence-electron chi connectivity index (χ0n) is 16.3. The molecule has 1 fully saturated rings. The van der Waals surface area contributed by atoms with Gasteiger partial charge >= 0.3 is 0 Å². The first-order valence-electron chi connectivity index (χ1n) is 9.87. The molecule has 0 bridgehead atoms. The van der Waals surface area contributed by atoms with Crippen LogP contribution in [0.1, 0.15) is 35.7 Å². The van der Waals surface area contributed by atoms with Gasteiger partial charge in [0.2, 0.25) is 0 Å². The van der Waals surface area contributed by atoms with Gasteiger partial charge in [-0.05, 0) is 37.5 Å². The van der Waals surface area contributed by atoms with Gasteiger partial charge in [-0.1, -0.05) is 23.7 Å². The summed E-state index contributed by atoms with van der Waals surface area (Å²) in [6.45, 7) is 4.56. The largest absolute Gasteiger partial charge is 0.381 e. The Hall–Kier alpha value is -2.64. The van der Waals surface area contributed by atoms with Crippen molar-refractivity contribution < 1.29 is 9.53 Å². The van der Waals surface area contributed by atoms with Crippen molar-refractivity contribution in [1.82, 2.24) is 20.1 Å². The molecule has 0 saturated carbocycles. The highest BCUT2D eigenvalue weighted by Crippen LogP contribution is 2.28. The first-order chi connectivity index (χ1) is 14.2. The molecule has 2 N–H and O–H groups in total. The molecule has 3 aromatic rings. The van der Waals surface area contributed by atoms with E-state index in [9.17, 15) is 4.79 Å². The van der Waals surface area contributed by atoms with Crippen molar-refractivity contribution in [3.63, 3.8) is 0 Å². The summed E-state index contributed by atoms with van der Waals surface area (Å²) in [4.78, 5) is 17.5. The molecule has 29 heavy (non-hydrogen) atoms. The van der Waals surface area contributed by atoms with Gasteiger partial charge in [-0.2, -0.15) is 5.10 Å². The maximum atomic E-state index is 13.0. The summed E-state index contributed by atoms with van der Waals surface area (Å²) in [6.07, 6.45) is 5.21. The van der Waals surface area contributed by atoms with Gasteiger partial charge < -0.3 is 15.4 Å². The van der Waals surface area contributed by atoms with Crippen LogP contribution in [0.3, 0.4) is 0 Å². The normalized spacial score (nSPS) is 14.8. The van der Waals surface area contributed by atoms with Crippen molar-refractivity contribution in [1.29, 1.82) is 0 Å². The minimum Gasteiger partial charge on any atom is -0.381 e. The minimum absolute atomic E-state index is 0.182. The van der Waals surface area contributed by atoms with E-state index in [1.807, 2.05) is 35.9 Å². The van der Waals surface area contributed by atoms with Crippen LogP contribution in [0.15, 0.2) is 36.7 Å². The number of aryl methyl sites for hydroxylation is 1. The van der Waals surface area contributed by atoms with E-state index >= 15 is 0 Å². The van der Waals surface area contributed by atoms with E-state index in [2.05, 4.69) is 20.7 Å². The Bertz CT molecular complexity index is 1010. The molecule has 152 valence electrons. The maximum absolute atomic E-state index is 13.0. The first kappa shape index (κ1) is 19.7.